The van der Waals surface area contributed by atoms with Crippen molar-refractivity contribution in [2.45, 2.75) is 13.3 Å². The van der Waals surface area contributed by atoms with E-state index in [-0.39, 0.29) is 0 Å². The zero-order valence-electron chi connectivity index (χ0n) is 11.1. The molecular weight excluding hydrogens is 318 g/mol. The van der Waals surface area contributed by atoms with Crippen LogP contribution in [0, 0.1) is 6.92 Å². The summed E-state index contributed by atoms with van der Waals surface area (Å²) in [5.74, 6) is 1.78. The van der Waals surface area contributed by atoms with E-state index in [0.29, 0.717) is 6.61 Å². The molecule has 0 N–H and O–H groups in total. The van der Waals surface area contributed by atoms with Crippen molar-refractivity contribution >= 4 is 21.6 Å². The topological polar surface area (TPSA) is 39.4 Å². The number of pyridine rings is 1. The van der Waals surface area contributed by atoms with Gasteiger partial charge in [-0.15, -0.1) is 10.2 Å². The van der Waals surface area contributed by atoms with Crippen molar-refractivity contribution in [2.75, 3.05) is 6.61 Å². The third-order valence-electron chi connectivity index (χ3n) is 3.06. The Morgan fingerprint density at radius 2 is 1.95 bits per heavy atom. The van der Waals surface area contributed by atoms with Crippen LogP contribution in [0.5, 0.6) is 5.75 Å². The molecule has 0 saturated heterocycles. The van der Waals surface area contributed by atoms with Gasteiger partial charge in [0, 0.05) is 17.1 Å². The Morgan fingerprint density at radius 1 is 1.15 bits per heavy atom. The summed E-state index contributed by atoms with van der Waals surface area (Å²) in [6, 6.07) is 12.0. The lowest BCUT2D eigenvalue weighted by Crippen LogP contribution is -2.04. The summed E-state index contributed by atoms with van der Waals surface area (Å²) in [5, 5.41) is 8.34. The van der Waals surface area contributed by atoms with Gasteiger partial charge in [0.25, 0.3) is 0 Å². The minimum absolute atomic E-state index is 0.583. The van der Waals surface area contributed by atoms with Crippen LogP contribution in [0.4, 0.5) is 0 Å². The first-order chi connectivity index (χ1) is 9.72. The maximum absolute atomic E-state index is 5.72. The second-order valence-corrected chi connectivity index (χ2v) is 5.52. The van der Waals surface area contributed by atoms with Gasteiger partial charge in [0.15, 0.2) is 5.65 Å². The minimum Gasteiger partial charge on any atom is -0.493 e. The summed E-state index contributed by atoms with van der Waals surface area (Å²) in [4.78, 5) is 0. The number of aryl methyl sites for hydroxylation is 1. The van der Waals surface area contributed by atoms with Crippen LogP contribution in [0.15, 0.2) is 47.1 Å². The molecule has 0 aliphatic rings. The second kappa shape index (κ2) is 5.63. The highest BCUT2D eigenvalue weighted by molar-refractivity contribution is 9.10. The molecule has 0 aliphatic heterocycles. The molecule has 3 rings (SSSR count). The van der Waals surface area contributed by atoms with Gasteiger partial charge in [-0.3, -0.25) is 4.40 Å². The quantitative estimate of drug-likeness (QED) is 0.735. The predicted octanol–water partition coefficient (Wildman–Crippen LogP) is 3.42. The predicted molar refractivity (Wildman–Crippen MR) is 81.1 cm³/mol. The average Bonchev–Trinajstić information content (AvgIpc) is 2.83. The fourth-order valence-electron chi connectivity index (χ4n) is 1.98. The van der Waals surface area contributed by atoms with Gasteiger partial charge in [-0.2, -0.15) is 0 Å². The Hall–Kier alpha value is -1.88. The number of rotatable bonds is 4. The summed E-state index contributed by atoms with van der Waals surface area (Å²) < 4.78 is 8.69. The molecule has 1 aromatic carbocycles. The fraction of sp³-hybridized carbons (Fsp3) is 0.200. The molecule has 2 heterocycles. The Kier molecular flexibility index (Phi) is 3.69. The Bertz CT molecular complexity index is 722. The molecule has 2 aromatic heterocycles. The highest BCUT2D eigenvalue weighted by Crippen LogP contribution is 2.14. The van der Waals surface area contributed by atoms with Gasteiger partial charge in [0.05, 0.1) is 6.61 Å². The molecule has 0 amide bonds. The largest absolute Gasteiger partial charge is 0.493 e. The van der Waals surface area contributed by atoms with Gasteiger partial charge in [-0.1, -0.05) is 33.6 Å². The van der Waals surface area contributed by atoms with Crippen molar-refractivity contribution in [1.29, 1.82) is 0 Å². The van der Waals surface area contributed by atoms with Gasteiger partial charge in [-0.05, 0) is 31.2 Å². The van der Waals surface area contributed by atoms with E-state index in [9.17, 15) is 0 Å². The Morgan fingerprint density at radius 3 is 2.75 bits per heavy atom. The molecule has 0 unspecified atom stereocenters. The van der Waals surface area contributed by atoms with Crippen molar-refractivity contribution in [2.24, 2.45) is 0 Å². The van der Waals surface area contributed by atoms with Crippen molar-refractivity contribution in [3.05, 3.63) is 58.5 Å². The van der Waals surface area contributed by atoms with E-state index >= 15 is 0 Å². The fourth-order valence-corrected chi connectivity index (χ4v) is 2.30. The smallest absolute Gasteiger partial charge is 0.161 e. The molecule has 102 valence electrons. The molecule has 3 aromatic rings. The summed E-state index contributed by atoms with van der Waals surface area (Å²) in [5.41, 5.74) is 2.07. The molecule has 5 heteroatoms. The summed E-state index contributed by atoms with van der Waals surface area (Å²) in [7, 11) is 0. The number of halogens is 1. The monoisotopic (exact) mass is 331 g/mol. The van der Waals surface area contributed by atoms with E-state index < -0.39 is 0 Å². The lowest BCUT2D eigenvalue weighted by molar-refractivity contribution is 0.318. The van der Waals surface area contributed by atoms with Crippen LogP contribution in [0.1, 0.15) is 11.4 Å². The number of hydrogen-bond donors (Lipinski definition) is 0. The maximum Gasteiger partial charge on any atom is 0.161 e. The third-order valence-corrected chi connectivity index (χ3v) is 3.55. The van der Waals surface area contributed by atoms with E-state index in [4.69, 9.17) is 4.74 Å². The number of benzene rings is 1. The molecule has 20 heavy (non-hydrogen) atoms. The molecule has 0 spiro atoms. The summed E-state index contributed by atoms with van der Waals surface area (Å²) in [6.45, 7) is 2.64. The Labute approximate surface area is 125 Å². The third kappa shape index (κ3) is 2.82. The molecule has 4 nitrogen and oxygen atoms in total. The van der Waals surface area contributed by atoms with Crippen molar-refractivity contribution in [3.63, 3.8) is 0 Å². The highest BCUT2D eigenvalue weighted by atomic mass is 79.9. The van der Waals surface area contributed by atoms with E-state index in [2.05, 4.69) is 33.1 Å². The molecule has 0 bridgehead atoms. The van der Waals surface area contributed by atoms with Crippen LogP contribution < -0.4 is 4.74 Å². The Balaban J connectivity index is 1.66. The molecule has 0 radical (unpaired) electrons. The van der Waals surface area contributed by atoms with E-state index in [0.717, 1.165) is 28.1 Å². The SMILES string of the molecule is Cc1ccc(OCCc2nnc3cc(Br)ccn23)cc1. The molecule has 0 atom stereocenters. The van der Waals surface area contributed by atoms with Crippen LogP contribution in [0.25, 0.3) is 5.65 Å². The number of fused-ring (bicyclic) bond motifs is 1. The lowest BCUT2D eigenvalue weighted by atomic mass is 10.2. The van der Waals surface area contributed by atoms with Crippen LogP contribution in [-0.4, -0.2) is 21.2 Å². The first kappa shape index (κ1) is 13.1. The number of nitrogens with zero attached hydrogens (tertiary/aromatic N) is 3. The second-order valence-electron chi connectivity index (χ2n) is 4.60. The standard InChI is InChI=1S/C15H14BrN3O/c1-11-2-4-13(5-3-11)20-9-7-14-17-18-15-10-12(16)6-8-19(14)15/h2-6,8,10H,7,9H2,1H3. The van der Waals surface area contributed by atoms with Crippen molar-refractivity contribution in [1.82, 2.24) is 14.6 Å². The molecule has 0 aliphatic carbocycles. The minimum atomic E-state index is 0.583. The number of aromatic nitrogens is 3. The number of hydrogen-bond acceptors (Lipinski definition) is 3. The van der Waals surface area contributed by atoms with E-state index in [1.54, 1.807) is 0 Å². The van der Waals surface area contributed by atoms with Crippen LogP contribution in [0.2, 0.25) is 0 Å². The molecule has 0 fully saturated rings. The van der Waals surface area contributed by atoms with Crippen LogP contribution in [0.3, 0.4) is 0 Å². The summed E-state index contributed by atoms with van der Waals surface area (Å²) in [6.07, 6.45) is 2.68. The first-order valence-electron chi connectivity index (χ1n) is 6.41. The average molecular weight is 332 g/mol. The van der Waals surface area contributed by atoms with Gasteiger partial charge in [0.2, 0.25) is 0 Å². The highest BCUT2D eigenvalue weighted by Gasteiger charge is 2.05. The van der Waals surface area contributed by atoms with Crippen molar-refractivity contribution < 1.29 is 4.74 Å². The first-order valence-corrected chi connectivity index (χ1v) is 7.20. The van der Waals surface area contributed by atoms with Crippen molar-refractivity contribution in [3.8, 4) is 5.75 Å². The lowest BCUT2D eigenvalue weighted by Gasteiger charge is -2.05. The number of ether oxygens (including phenoxy) is 1. The van der Waals surface area contributed by atoms with Gasteiger partial charge in [0.1, 0.15) is 11.6 Å². The van der Waals surface area contributed by atoms with Gasteiger partial charge >= 0.3 is 0 Å². The molecule has 0 saturated carbocycles. The van der Waals surface area contributed by atoms with E-state index in [1.165, 1.54) is 5.56 Å². The maximum atomic E-state index is 5.72. The zero-order chi connectivity index (χ0) is 13.9. The zero-order valence-corrected chi connectivity index (χ0v) is 12.7. The van der Waals surface area contributed by atoms with E-state index in [1.807, 2.05) is 47.0 Å². The van der Waals surface area contributed by atoms with Crippen LogP contribution >= 0.6 is 15.9 Å². The molecular formula is C15H14BrN3O. The normalized spacial score (nSPS) is 10.9. The summed E-state index contributed by atoms with van der Waals surface area (Å²) >= 11 is 3.42. The van der Waals surface area contributed by atoms with Gasteiger partial charge in [-0.25, -0.2) is 0 Å². The van der Waals surface area contributed by atoms with Gasteiger partial charge < -0.3 is 4.74 Å². The van der Waals surface area contributed by atoms with Crippen LogP contribution in [-0.2, 0) is 6.42 Å².